The maximum Gasteiger partial charge on any atom is 0.0408 e. The maximum absolute atomic E-state index is 6.04. The molecule has 0 aliphatic rings. The summed E-state index contributed by atoms with van der Waals surface area (Å²) in [5, 5.41) is 0.821. The van der Waals surface area contributed by atoms with Crippen molar-refractivity contribution in [2.45, 2.75) is 32.6 Å². The van der Waals surface area contributed by atoms with Gasteiger partial charge in [0.25, 0.3) is 0 Å². The third-order valence-electron chi connectivity index (χ3n) is 3.36. The number of hydrogen-bond donors (Lipinski definition) is 0. The fourth-order valence-electron chi connectivity index (χ4n) is 2.26. The van der Waals surface area contributed by atoms with Crippen LogP contribution in [0.4, 0.5) is 0 Å². The molecule has 0 saturated heterocycles. The van der Waals surface area contributed by atoms with Crippen LogP contribution in [-0.4, -0.2) is 0 Å². The quantitative estimate of drug-likeness (QED) is 0.703. The Bertz CT molecular complexity index is 517. The fraction of sp³-hybridized carbons (Fsp3) is 0.294. The van der Waals surface area contributed by atoms with Gasteiger partial charge >= 0.3 is 0 Å². The standard InChI is InChI=1S/C17H19Cl/c1-3-14-6-4-7-15(11-14)10-13(2)16-8-5-9-17(18)12-16/h4-9,11-13H,3,10H2,1-2H3. The molecule has 0 fully saturated rings. The van der Waals surface area contributed by atoms with E-state index in [1.807, 2.05) is 12.1 Å². The zero-order valence-electron chi connectivity index (χ0n) is 11.0. The first-order valence-corrected chi connectivity index (χ1v) is 6.90. The molecule has 1 atom stereocenters. The Morgan fingerprint density at radius 3 is 2.44 bits per heavy atom. The topological polar surface area (TPSA) is 0 Å². The van der Waals surface area contributed by atoms with Crippen molar-refractivity contribution in [3.63, 3.8) is 0 Å². The Balaban J connectivity index is 2.13. The van der Waals surface area contributed by atoms with Gasteiger partial charge in [-0.25, -0.2) is 0 Å². The molecule has 2 aromatic rings. The van der Waals surface area contributed by atoms with Crippen LogP contribution in [0.3, 0.4) is 0 Å². The summed E-state index contributed by atoms with van der Waals surface area (Å²) in [5.41, 5.74) is 4.12. The van der Waals surface area contributed by atoms with Crippen molar-refractivity contribution >= 4 is 11.6 Å². The molecular weight excluding hydrogens is 240 g/mol. The fourth-order valence-corrected chi connectivity index (χ4v) is 2.46. The van der Waals surface area contributed by atoms with Gasteiger partial charge in [-0.05, 0) is 47.6 Å². The summed E-state index contributed by atoms with van der Waals surface area (Å²) < 4.78 is 0. The first-order valence-electron chi connectivity index (χ1n) is 6.52. The second-order valence-corrected chi connectivity index (χ2v) is 5.27. The van der Waals surface area contributed by atoms with Crippen molar-refractivity contribution in [3.05, 3.63) is 70.2 Å². The average molecular weight is 259 g/mol. The summed E-state index contributed by atoms with van der Waals surface area (Å²) in [6.07, 6.45) is 2.16. The molecule has 0 bridgehead atoms. The Morgan fingerprint density at radius 1 is 1.00 bits per heavy atom. The lowest BCUT2D eigenvalue weighted by molar-refractivity contribution is 0.758. The molecule has 0 aromatic heterocycles. The highest BCUT2D eigenvalue weighted by Gasteiger charge is 2.07. The minimum atomic E-state index is 0.496. The zero-order valence-corrected chi connectivity index (χ0v) is 11.7. The van der Waals surface area contributed by atoms with Crippen LogP contribution in [0.15, 0.2) is 48.5 Å². The van der Waals surface area contributed by atoms with Crippen LogP contribution in [-0.2, 0) is 12.8 Å². The van der Waals surface area contributed by atoms with E-state index in [2.05, 4.69) is 50.2 Å². The summed E-state index contributed by atoms with van der Waals surface area (Å²) in [5.74, 6) is 0.496. The first-order chi connectivity index (χ1) is 8.69. The largest absolute Gasteiger partial charge is 0.0843 e. The van der Waals surface area contributed by atoms with Crippen LogP contribution in [0, 0.1) is 0 Å². The van der Waals surface area contributed by atoms with Gasteiger partial charge in [-0.3, -0.25) is 0 Å². The van der Waals surface area contributed by atoms with Gasteiger partial charge in [0.15, 0.2) is 0 Å². The van der Waals surface area contributed by atoms with Gasteiger partial charge in [0, 0.05) is 5.02 Å². The molecule has 1 heteroatoms. The number of aryl methyl sites for hydroxylation is 1. The Morgan fingerprint density at radius 2 is 1.72 bits per heavy atom. The second-order valence-electron chi connectivity index (χ2n) is 4.83. The Hall–Kier alpha value is -1.27. The van der Waals surface area contributed by atoms with Gasteiger partial charge in [-0.1, -0.05) is 61.8 Å². The molecule has 0 radical (unpaired) electrons. The highest BCUT2D eigenvalue weighted by Crippen LogP contribution is 2.23. The van der Waals surface area contributed by atoms with E-state index in [-0.39, 0.29) is 0 Å². The minimum absolute atomic E-state index is 0.496. The van der Waals surface area contributed by atoms with Crippen molar-refractivity contribution in [2.75, 3.05) is 0 Å². The predicted molar refractivity (Wildman–Crippen MR) is 79.4 cm³/mol. The normalized spacial score (nSPS) is 12.4. The van der Waals surface area contributed by atoms with Gasteiger partial charge in [-0.2, -0.15) is 0 Å². The molecule has 1 unspecified atom stereocenters. The molecule has 0 spiro atoms. The average Bonchev–Trinajstić information content (AvgIpc) is 2.39. The van der Waals surface area contributed by atoms with Crippen LogP contribution >= 0.6 is 11.6 Å². The van der Waals surface area contributed by atoms with Gasteiger partial charge in [0.1, 0.15) is 0 Å². The van der Waals surface area contributed by atoms with E-state index in [1.165, 1.54) is 16.7 Å². The molecule has 0 N–H and O–H groups in total. The van der Waals surface area contributed by atoms with E-state index in [4.69, 9.17) is 11.6 Å². The summed E-state index contributed by atoms with van der Waals surface area (Å²) in [7, 11) is 0. The van der Waals surface area contributed by atoms with E-state index < -0.39 is 0 Å². The summed E-state index contributed by atoms with van der Waals surface area (Å²) in [6.45, 7) is 4.45. The molecular formula is C17H19Cl. The molecule has 0 saturated carbocycles. The van der Waals surface area contributed by atoms with Crippen molar-refractivity contribution in [2.24, 2.45) is 0 Å². The van der Waals surface area contributed by atoms with Crippen molar-refractivity contribution in [1.29, 1.82) is 0 Å². The first kappa shape index (κ1) is 13.2. The van der Waals surface area contributed by atoms with E-state index in [9.17, 15) is 0 Å². The van der Waals surface area contributed by atoms with E-state index in [1.54, 1.807) is 0 Å². The van der Waals surface area contributed by atoms with Crippen molar-refractivity contribution in [1.82, 2.24) is 0 Å². The summed E-state index contributed by atoms with van der Waals surface area (Å²) in [4.78, 5) is 0. The Kier molecular flexibility index (Phi) is 4.43. The van der Waals surface area contributed by atoms with Gasteiger partial charge < -0.3 is 0 Å². The van der Waals surface area contributed by atoms with Crippen LogP contribution in [0.5, 0.6) is 0 Å². The lowest BCUT2D eigenvalue weighted by atomic mass is 9.93. The van der Waals surface area contributed by atoms with Crippen molar-refractivity contribution < 1.29 is 0 Å². The SMILES string of the molecule is CCc1cccc(CC(C)c2cccc(Cl)c2)c1. The van der Waals surface area contributed by atoms with Crippen LogP contribution in [0.25, 0.3) is 0 Å². The molecule has 0 aliphatic carbocycles. The molecule has 0 nitrogen and oxygen atoms in total. The highest BCUT2D eigenvalue weighted by atomic mass is 35.5. The van der Waals surface area contributed by atoms with E-state index >= 15 is 0 Å². The molecule has 0 aliphatic heterocycles. The predicted octanol–water partition coefficient (Wildman–Crippen LogP) is 5.25. The number of benzene rings is 2. The number of hydrogen-bond acceptors (Lipinski definition) is 0. The third-order valence-corrected chi connectivity index (χ3v) is 3.59. The molecule has 2 rings (SSSR count). The zero-order chi connectivity index (χ0) is 13.0. The van der Waals surface area contributed by atoms with Crippen molar-refractivity contribution in [3.8, 4) is 0 Å². The summed E-state index contributed by atoms with van der Waals surface area (Å²) in [6, 6.07) is 17.0. The van der Waals surface area contributed by atoms with Crippen LogP contribution in [0.1, 0.15) is 36.5 Å². The molecule has 2 aromatic carbocycles. The Labute approximate surface area is 115 Å². The molecule has 94 valence electrons. The maximum atomic E-state index is 6.04. The third kappa shape index (κ3) is 3.36. The smallest absolute Gasteiger partial charge is 0.0408 e. The minimum Gasteiger partial charge on any atom is -0.0843 e. The lowest BCUT2D eigenvalue weighted by Gasteiger charge is -2.13. The van der Waals surface area contributed by atoms with Gasteiger partial charge in [-0.15, -0.1) is 0 Å². The second kappa shape index (κ2) is 6.06. The van der Waals surface area contributed by atoms with Crippen LogP contribution < -0.4 is 0 Å². The van der Waals surface area contributed by atoms with Crippen LogP contribution in [0.2, 0.25) is 5.02 Å². The molecule has 0 heterocycles. The van der Waals surface area contributed by atoms with Gasteiger partial charge in [0.05, 0.1) is 0 Å². The van der Waals surface area contributed by atoms with Gasteiger partial charge in [0.2, 0.25) is 0 Å². The summed E-state index contributed by atoms with van der Waals surface area (Å²) >= 11 is 6.04. The number of rotatable bonds is 4. The van der Waals surface area contributed by atoms with E-state index in [0.29, 0.717) is 5.92 Å². The lowest BCUT2D eigenvalue weighted by Crippen LogP contribution is -1.99. The monoisotopic (exact) mass is 258 g/mol. The van der Waals surface area contributed by atoms with E-state index in [0.717, 1.165) is 17.9 Å². The molecule has 18 heavy (non-hydrogen) atoms. The highest BCUT2D eigenvalue weighted by molar-refractivity contribution is 6.30. The number of halogens is 1. The molecule has 0 amide bonds.